The highest BCUT2D eigenvalue weighted by atomic mass is 28.5. The highest BCUT2D eigenvalue weighted by Gasteiger charge is 2.73. The van der Waals surface area contributed by atoms with Gasteiger partial charge < -0.3 is 26.6 Å². The summed E-state index contributed by atoms with van der Waals surface area (Å²) in [4.78, 5) is 0. The average molecular weight is 685 g/mol. The average Bonchev–Trinajstić information content (AvgIpc) is 3.05. The Labute approximate surface area is 281 Å². The van der Waals surface area contributed by atoms with Crippen molar-refractivity contribution in [2.24, 2.45) is 17.8 Å². The van der Waals surface area contributed by atoms with Gasteiger partial charge in [-0.3, -0.25) is 0 Å². The quantitative estimate of drug-likeness (QED) is 0.160. The predicted molar refractivity (Wildman–Crippen MR) is 192 cm³/mol. The van der Waals surface area contributed by atoms with Crippen LogP contribution in [0.3, 0.4) is 0 Å². The van der Waals surface area contributed by atoms with Crippen molar-refractivity contribution in [3.63, 3.8) is 0 Å². The Morgan fingerprint density at radius 3 is 0.822 bits per heavy atom. The van der Waals surface area contributed by atoms with Gasteiger partial charge in [-0.2, -0.15) is 0 Å². The molecule has 4 fully saturated rings. The molecular weight excluding hydrogens is 613 g/mol. The van der Waals surface area contributed by atoms with Crippen LogP contribution < -0.4 is 0 Å². The summed E-state index contributed by atoms with van der Waals surface area (Å²) < 4.78 is 45.1. The molecular formula is C36H72O6Si3. The standard InChI is InChI=1S/C36H72O6Si3/c1-28(2)25-37-31(7)43(34-19-13-10-14-20-34)40-44(32(8)38-26-29(3)4,35-21-15-11-16-22-35)42-45(41-43,33(9)39-27-30(5)6)36-23-17-12-18-24-36/h28-36H,10-27H2,1-9H3. The summed E-state index contributed by atoms with van der Waals surface area (Å²) in [5, 5.41) is 0. The molecule has 1 aliphatic heterocycles. The van der Waals surface area contributed by atoms with Crippen molar-refractivity contribution in [3.8, 4) is 0 Å². The largest absolute Gasteiger partial charge is 0.412 e. The molecule has 45 heavy (non-hydrogen) atoms. The van der Waals surface area contributed by atoms with Gasteiger partial charge in [-0.15, -0.1) is 0 Å². The maximum absolute atomic E-state index is 8.11. The van der Waals surface area contributed by atoms with Crippen molar-refractivity contribution < 1.29 is 26.6 Å². The van der Waals surface area contributed by atoms with Gasteiger partial charge in [0.15, 0.2) is 0 Å². The summed E-state index contributed by atoms with van der Waals surface area (Å²) in [5.74, 6) is 1.39. The fourth-order valence-electron chi connectivity index (χ4n) is 8.68. The van der Waals surface area contributed by atoms with Crippen molar-refractivity contribution in [2.45, 2.75) is 192 Å². The molecule has 0 bridgehead atoms. The summed E-state index contributed by atoms with van der Waals surface area (Å²) in [7, 11) is -9.04. The van der Waals surface area contributed by atoms with Gasteiger partial charge in [0.25, 0.3) is 0 Å². The van der Waals surface area contributed by atoms with Crippen molar-refractivity contribution in [1.82, 2.24) is 0 Å². The second-order valence-corrected chi connectivity index (χ2v) is 28.2. The topological polar surface area (TPSA) is 55.4 Å². The zero-order chi connectivity index (χ0) is 32.7. The maximum atomic E-state index is 8.11. The van der Waals surface area contributed by atoms with Crippen molar-refractivity contribution in [3.05, 3.63) is 0 Å². The van der Waals surface area contributed by atoms with Crippen LogP contribution in [-0.4, -0.2) is 62.7 Å². The molecule has 3 aliphatic carbocycles. The van der Waals surface area contributed by atoms with Crippen LogP contribution in [0.4, 0.5) is 0 Å². The number of ether oxygens (including phenoxy) is 3. The van der Waals surface area contributed by atoms with Crippen LogP contribution in [0.2, 0.25) is 16.6 Å². The smallest absolute Gasteiger partial charge is 0.353 e. The zero-order valence-corrected chi connectivity index (χ0v) is 33.9. The van der Waals surface area contributed by atoms with E-state index in [-0.39, 0.29) is 17.2 Å². The normalized spacial score (nSPS) is 33.6. The van der Waals surface area contributed by atoms with E-state index in [9.17, 15) is 0 Å². The second kappa shape index (κ2) is 17.4. The van der Waals surface area contributed by atoms with Gasteiger partial charge in [-0.25, -0.2) is 0 Å². The van der Waals surface area contributed by atoms with E-state index in [4.69, 9.17) is 26.6 Å². The lowest BCUT2D eigenvalue weighted by atomic mass is 10.0. The van der Waals surface area contributed by atoms with Crippen LogP contribution >= 0.6 is 0 Å². The summed E-state index contributed by atoms with van der Waals surface area (Å²) in [5.41, 5.74) is 1.14. The van der Waals surface area contributed by atoms with Crippen molar-refractivity contribution in [1.29, 1.82) is 0 Å². The van der Waals surface area contributed by atoms with Gasteiger partial charge in [0, 0.05) is 36.4 Å². The molecule has 9 heteroatoms. The maximum Gasteiger partial charge on any atom is 0.353 e. The highest BCUT2D eigenvalue weighted by molar-refractivity contribution is 6.97. The molecule has 0 N–H and O–H groups in total. The fraction of sp³-hybridized carbons (Fsp3) is 1.00. The molecule has 3 atom stereocenters. The Morgan fingerprint density at radius 2 is 0.622 bits per heavy atom. The van der Waals surface area contributed by atoms with E-state index in [2.05, 4.69) is 62.3 Å². The Bertz CT molecular complexity index is 738. The van der Waals surface area contributed by atoms with Crippen molar-refractivity contribution in [2.75, 3.05) is 19.8 Å². The van der Waals surface area contributed by atoms with E-state index < -0.39 is 25.7 Å². The molecule has 0 aromatic heterocycles. The van der Waals surface area contributed by atoms with Crippen molar-refractivity contribution >= 4 is 25.7 Å². The predicted octanol–water partition coefficient (Wildman–Crippen LogP) is 10.2. The molecule has 1 saturated heterocycles. The minimum Gasteiger partial charge on any atom is -0.412 e. The Kier molecular flexibility index (Phi) is 14.8. The van der Waals surface area contributed by atoms with E-state index in [1.165, 1.54) is 96.3 Å². The van der Waals surface area contributed by atoms with Gasteiger partial charge in [0.1, 0.15) is 0 Å². The van der Waals surface area contributed by atoms with E-state index in [1.807, 2.05) is 0 Å². The van der Waals surface area contributed by atoms with Crippen LogP contribution in [0.5, 0.6) is 0 Å². The van der Waals surface area contributed by atoms with Crippen LogP contribution in [0.25, 0.3) is 0 Å². The molecule has 1 heterocycles. The molecule has 0 aromatic rings. The van der Waals surface area contributed by atoms with E-state index in [0.717, 1.165) is 19.8 Å². The van der Waals surface area contributed by atoms with Gasteiger partial charge >= 0.3 is 25.7 Å². The lowest BCUT2D eigenvalue weighted by molar-refractivity contribution is 0.00503. The first-order chi connectivity index (χ1) is 21.4. The van der Waals surface area contributed by atoms with E-state index >= 15 is 0 Å². The molecule has 0 amide bonds. The van der Waals surface area contributed by atoms with Crippen LogP contribution in [0.1, 0.15) is 159 Å². The van der Waals surface area contributed by atoms with E-state index in [0.29, 0.717) is 34.4 Å². The zero-order valence-electron chi connectivity index (χ0n) is 30.9. The van der Waals surface area contributed by atoms with Gasteiger partial charge in [-0.1, -0.05) is 99.3 Å². The third-order valence-electron chi connectivity index (χ3n) is 11.2. The van der Waals surface area contributed by atoms with Crippen LogP contribution in [-0.2, 0) is 26.6 Å². The summed E-state index contributed by atoms with van der Waals surface area (Å²) in [6.07, 6.45) is 18.7. The molecule has 4 rings (SSSR count). The SMILES string of the molecule is CC(C)COC(C)[Si]1(C2CCCCC2)O[Si](C2CCCCC2)(C(C)OCC(C)C)O[Si](C2CCCCC2)(C(C)OCC(C)C)O1. The van der Waals surface area contributed by atoms with Gasteiger partial charge in [0.2, 0.25) is 0 Å². The lowest BCUT2D eigenvalue weighted by Crippen LogP contribution is -2.82. The highest BCUT2D eigenvalue weighted by Crippen LogP contribution is 2.56. The molecule has 4 aliphatic rings. The minimum absolute atomic E-state index is 0.0487. The molecule has 3 saturated carbocycles. The first-order valence-electron chi connectivity index (χ1n) is 19.4. The molecule has 3 unspecified atom stereocenters. The van der Waals surface area contributed by atoms with Gasteiger partial charge in [-0.05, 0) is 77.0 Å². The fourth-order valence-corrected chi connectivity index (χ4v) is 30.9. The molecule has 0 spiro atoms. The van der Waals surface area contributed by atoms with Gasteiger partial charge in [0.05, 0.1) is 17.2 Å². The monoisotopic (exact) mass is 684 g/mol. The summed E-state index contributed by atoms with van der Waals surface area (Å²) >= 11 is 0. The molecule has 0 radical (unpaired) electrons. The Balaban J connectivity index is 1.94. The number of rotatable bonds is 15. The number of hydrogen-bond acceptors (Lipinski definition) is 6. The van der Waals surface area contributed by atoms with Crippen LogP contribution in [0.15, 0.2) is 0 Å². The first kappa shape index (κ1) is 38.2. The minimum atomic E-state index is -3.01. The molecule has 6 nitrogen and oxygen atoms in total. The Morgan fingerprint density at radius 1 is 0.400 bits per heavy atom. The summed E-state index contributed by atoms with van der Waals surface area (Å²) in [6, 6.07) is 0. The second-order valence-electron chi connectivity index (χ2n) is 16.6. The van der Waals surface area contributed by atoms with Crippen LogP contribution in [0, 0.1) is 17.8 Å². The van der Waals surface area contributed by atoms with E-state index in [1.54, 1.807) is 0 Å². The lowest BCUT2D eigenvalue weighted by Gasteiger charge is -2.62. The Hall–Kier alpha value is 0.411. The third kappa shape index (κ3) is 9.15. The number of hydrogen-bond donors (Lipinski definition) is 0. The summed E-state index contributed by atoms with van der Waals surface area (Å²) in [6.45, 7) is 22.8. The first-order valence-corrected chi connectivity index (χ1v) is 25.3. The third-order valence-corrected chi connectivity index (χ3v) is 27.9. The molecule has 264 valence electrons. The molecule has 0 aromatic carbocycles.